The molecule has 0 aliphatic carbocycles. The van der Waals surface area contributed by atoms with Gasteiger partial charge in [0, 0.05) is 30.1 Å². The molecule has 1 aromatic heterocycles. The summed E-state index contributed by atoms with van der Waals surface area (Å²) >= 11 is 0. The molecule has 0 amide bonds. The Labute approximate surface area is 223 Å². The number of ether oxygens (including phenoxy) is 2. The SMILES string of the molecule is CCCCCCCc1cnc(-c2ccc(OC(=O)c3cc([N+](=O)[O-])c(OC[C@@H](C)CC)cc3N)cc2)nc1. The van der Waals surface area contributed by atoms with Crippen LogP contribution in [0.4, 0.5) is 11.4 Å². The summed E-state index contributed by atoms with van der Waals surface area (Å²) in [5, 5.41) is 11.6. The Morgan fingerprint density at radius 2 is 1.74 bits per heavy atom. The molecule has 0 aliphatic rings. The van der Waals surface area contributed by atoms with Crippen molar-refractivity contribution in [1.29, 1.82) is 0 Å². The van der Waals surface area contributed by atoms with Crippen molar-refractivity contribution in [2.75, 3.05) is 12.3 Å². The van der Waals surface area contributed by atoms with Gasteiger partial charge in [0.2, 0.25) is 0 Å². The van der Waals surface area contributed by atoms with Gasteiger partial charge in [0.15, 0.2) is 11.6 Å². The Morgan fingerprint density at radius 3 is 2.37 bits per heavy atom. The van der Waals surface area contributed by atoms with Crippen LogP contribution in [0.15, 0.2) is 48.8 Å². The lowest BCUT2D eigenvalue weighted by molar-refractivity contribution is -0.385. The lowest BCUT2D eigenvalue weighted by Gasteiger charge is -2.13. The van der Waals surface area contributed by atoms with Crippen LogP contribution in [-0.2, 0) is 6.42 Å². The number of carbonyl (C=O) groups excluding carboxylic acids is 1. The molecular weight excluding hydrogens is 484 g/mol. The molecule has 0 fully saturated rings. The van der Waals surface area contributed by atoms with Crippen LogP contribution < -0.4 is 15.2 Å². The van der Waals surface area contributed by atoms with E-state index in [2.05, 4.69) is 16.9 Å². The first-order chi connectivity index (χ1) is 18.3. The Kier molecular flexibility index (Phi) is 10.6. The van der Waals surface area contributed by atoms with Gasteiger partial charge in [0.25, 0.3) is 0 Å². The smallest absolute Gasteiger partial charge is 0.345 e. The zero-order valence-corrected chi connectivity index (χ0v) is 22.3. The molecule has 38 heavy (non-hydrogen) atoms. The second kappa shape index (κ2) is 14.1. The number of nitrogens with zero attached hydrogens (tertiary/aromatic N) is 3. The van der Waals surface area contributed by atoms with E-state index in [0.29, 0.717) is 12.4 Å². The first kappa shape index (κ1) is 28.6. The minimum Gasteiger partial charge on any atom is -0.486 e. The van der Waals surface area contributed by atoms with Gasteiger partial charge in [-0.15, -0.1) is 0 Å². The third-order valence-electron chi connectivity index (χ3n) is 6.37. The zero-order chi connectivity index (χ0) is 27.5. The number of aryl methyl sites for hydroxylation is 1. The second-order valence-corrected chi connectivity index (χ2v) is 9.48. The Balaban J connectivity index is 1.65. The molecule has 0 bridgehead atoms. The monoisotopic (exact) mass is 520 g/mol. The highest BCUT2D eigenvalue weighted by Crippen LogP contribution is 2.33. The minimum absolute atomic E-state index is 0.0243. The average molecular weight is 521 g/mol. The van der Waals surface area contributed by atoms with Crippen molar-refractivity contribution in [1.82, 2.24) is 9.97 Å². The summed E-state index contributed by atoms with van der Waals surface area (Å²) in [4.78, 5) is 32.7. The van der Waals surface area contributed by atoms with Crippen LogP contribution in [0.2, 0.25) is 0 Å². The molecule has 3 rings (SSSR count). The van der Waals surface area contributed by atoms with Gasteiger partial charge < -0.3 is 15.2 Å². The minimum atomic E-state index is -0.800. The fraction of sp³-hybridized carbons (Fsp3) is 0.414. The number of anilines is 1. The number of nitrogen functional groups attached to an aromatic ring is 1. The number of aromatic nitrogens is 2. The predicted octanol–water partition coefficient (Wildman–Crippen LogP) is 6.79. The Hall–Kier alpha value is -4.01. The van der Waals surface area contributed by atoms with Crippen molar-refractivity contribution in [2.24, 2.45) is 5.92 Å². The fourth-order valence-electron chi connectivity index (χ4n) is 3.77. The molecule has 0 radical (unpaired) electrons. The number of nitro benzene ring substituents is 1. The van der Waals surface area contributed by atoms with Crippen LogP contribution in [0.3, 0.4) is 0 Å². The molecule has 1 atom stereocenters. The van der Waals surface area contributed by atoms with Crippen LogP contribution >= 0.6 is 0 Å². The van der Waals surface area contributed by atoms with E-state index in [9.17, 15) is 14.9 Å². The van der Waals surface area contributed by atoms with E-state index in [1.807, 2.05) is 26.2 Å². The highest BCUT2D eigenvalue weighted by atomic mass is 16.6. The average Bonchev–Trinajstić information content (AvgIpc) is 2.92. The number of rotatable bonds is 14. The maximum atomic E-state index is 12.8. The van der Waals surface area contributed by atoms with Crippen LogP contribution in [0, 0.1) is 16.0 Å². The maximum Gasteiger partial charge on any atom is 0.345 e. The normalized spacial score (nSPS) is 11.7. The first-order valence-corrected chi connectivity index (χ1v) is 13.2. The summed E-state index contributed by atoms with van der Waals surface area (Å²) < 4.78 is 11.0. The van der Waals surface area contributed by atoms with Gasteiger partial charge in [-0.25, -0.2) is 14.8 Å². The molecule has 0 saturated heterocycles. The highest BCUT2D eigenvalue weighted by molar-refractivity contribution is 5.97. The summed E-state index contributed by atoms with van der Waals surface area (Å²) in [5.41, 5.74) is 7.50. The second-order valence-electron chi connectivity index (χ2n) is 9.48. The van der Waals surface area contributed by atoms with Crippen molar-refractivity contribution in [2.45, 2.75) is 65.7 Å². The third kappa shape index (κ3) is 7.99. The van der Waals surface area contributed by atoms with Gasteiger partial charge in [-0.2, -0.15) is 0 Å². The van der Waals surface area contributed by atoms with Crippen molar-refractivity contribution < 1.29 is 19.2 Å². The maximum absolute atomic E-state index is 12.8. The number of nitrogens with two attached hydrogens (primary N) is 1. The van der Waals surface area contributed by atoms with Gasteiger partial charge in [-0.3, -0.25) is 10.1 Å². The number of carbonyl (C=O) groups is 1. The molecule has 202 valence electrons. The van der Waals surface area contributed by atoms with Crippen LogP contribution in [0.5, 0.6) is 11.5 Å². The van der Waals surface area contributed by atoms with E-state index in [1.165, 1.54) is 31.7 Å². The van der Waals surface area contributed by atoms with Gasteiger partial charge in [-0.1, -0.05) is 52.9 Å². The van der Waals surface area contributed by atoms with E-state index < -0.39 is 10.9 Å². The summed E-state index contributed by atoms with van der Waals surface area (Å²) in [6, 6.07) is 9.13. The number of nitro groups is 1. The summed E-state index contributed by atoms with van der Waals surface area (Å²) in [6.07, 6.45) is 11.6. The molecule has 0 unspecified atom stereocenters. The number of esters is 1. The molecular formula is C29H36N4O5. The lowest BCUT2D eigenvalue weighted by Crippen LogP contribution is -2.13. The molecule has 9 heteroatoms. The van der Waals surface area contributed by atoms with Crippen LogP contribution in [-0.4, -0.2) is 27.5 Å². The van der Waals surface area contributed by atoms with Crippen LogP contribution in [0.25, 0.3) is 11.4 Å². The topological polar surface area (TPSA) is 130 Å². The van der Waals surface area contributed by atoms with Crippen molar-refractivity contribution >= 4 is 17.3 Å². The number of unbranched alkanes of at least 4 members (excludes halogenated alkanes) is 4. The highest BCUT2D eigenvalue weighted by Gasteiger charge is 2.23. The summed E-state index contributed by atoms with van der Waals surface area (Å²) in [7, 11) is 0. The summed E-state index contributed by atoms with van der Waals surface area (Å²) in [5.74, 6) is 0.279. The molecule has 9 nitrogen and oxygen atoms in total. The number of benzene rings is 2. The van der Waals surface area contributed by atoms with E-state index in [4.69, 9.17) is 15.2 Å². The lowest BCUT2D eigenvalue weighted by atomic mass is 10.1. The van der Waals surface area contributed by atoms with Gasteiger partial charge in [-0.05, 0) is 48.6 Å². The fourth-order valence-corrected chi connectivity index (χ4v) is 3.77. The third-order valence-corrected chi connectivity index (χ3v) is 6.37. The first-order valence-electron chi connectivity index (χ1n) is 13.2. The standard InChI is InChI=1S/C29H36N4O5/c1-4-6-7-8-9-10-21-17-31-28(32-18-21)22-11-13-23(14-12-22)38-29(34)24-15-26(33(35)36)27(16-25(24)30)37-19-20(3)5-2/h11-18,20H,4-10,19,30H2,1-3H3/t20-/m0/s1. The molecule has 0 spiro atoms. The molecule has 2 aromatic carbocycles. The van der Waals surface area contributed by atoms with Crippen molar-refractivity contribution in [3.05, 3.63) is 70.0 Å². The molecule has 1 heterocycles. The Morgan fingerprint density at radius 1 is 1.05 bits per heavy atom. The van der Waals surface area contributed by atoms with Crippen molar-refractivity contribution in [3.63, 3.8) is 0 Å². The molecule has 2 N–H and O–H groups in total. The van der Waals surface area contributed by atoms with Gasteiger partial charge >= 0.3 is 11.7 Å². The number of hydrogen-bond donors (Lipinski definition) is 1. The van der Waals surface area contributed by atoms with Crippen molar-refractivity contribution in [3.8, 4) is 22.9 Å². The Bertz CT molecular complexity index is 1210. The van der Waals surface area contributed by atoms with Gasteiger partial charge in [0.1, 0.15) is 5.75 Å². The van der Waals surface area contributed by atoms with Gasteiger partial charge in [0.05, 0.1) is 22.8 Å². The number of hydrogen-bond acceptors (Lipinski definition) is 8. The molecule has 3 aromatic rings. The summed E-state index contributed by atoms with van der Waals surface area (Å²) in [6.45, 7) is 6.49. The van der Waals surface area contributed by atoms with E-state index in [0.717, 1.165) is 36.5 Å². The quantitative estimate of drug-likeness (QED) is 0.0614. The van der Waals surface area contributed by atoms with E-state index in [1.54, 1.807) is 24.3 Å². The molecule has 0 aliphatic heterocycles. The largest absolute Gasteiger partial charge is 0.486 e. The van der Waals surface area contributed by atoms with E-state index in [-0.39, 0.29) is 34.4 Å². The van der Waals surface area contributed by atoms with Crippen LogP contribution in [0.1, 0.15) is 75.2 Å². The predicted molar refractivity (Wildman–Crippen MR) is 147 cm³/mol. The molecule has 0 saturated carbocycles. The zero-order valence-electron chi connectivity index (χ0n) is 22.3. The van der Waals surface area contributed by atoms with E-state index >= 15 is 0 Å².